The van der Waals surface area contributed by atoms with Crippen LogP contribution in [0.4, 0.5) is 0 Å². The minimum atomic E-state index is -3.82. The van der Waals surface area contributed by atoms with Crippen molar-refractivity contribution in [2.45, 2.75) is 0 Å². The van der Waals surface area contributed by atoms with Crippen LogP contribution in [0.2, 0.25) is 0 Å². The number of hydrogen-bond donors (Lipinski definition) is 1. The molecule has 0 spiro atoms. The second kappa shape index (κ2) is 5.83. The molecule has 6 nitrogen and oxygen atoms in total. The van der Waals surface area contributed by atoms with Crippen LogP contribution in [0.3, 0.4) is 0 Å². The highest BCUT2D eigenvalue weighted by Gasteiger charge is 2.12. The van der Waals surface area contributed by atoms with Crippen molar-refractivity contribution in [3.63, 3.8) is 0 Å². The quantitative estimate of drug-likeness (QED) is 0.573. The summed E-state index contributed by atoms with van der Waals surface area (Å²) in [7, 11) is -6.86. The maximum Gasteiger partial charge on any atom is 0.311 e. The monoisotopic (exact) mass is 266 g/mol. The fourth-order valence-electron chi connectivity index (χ4n) is 0.878. The Hall–Kier alpha value is -1.12. The van der Waals surface area contributed by atoms with E-state index in [0.717, 1.165) is 0 Å². The molecule has 0 unspecified atom stereocenters. The summed E-state index contributed by atoms with van der Waals surface area (Å²) in [4.78, 5) is 0. The standard InChI is InChI=1S/C8H10O6S2/c9-15(10)13-6-7-16(11,12)14-8-4-2-1-3-5-8/h1-5,15H,6-7H2. The van der Waals surface area contributed by atoms with Gasteiger partial charge >= 0.3 is 10.1 Å². The lowest BCUT2D eigenvalue weighted by molar-refractivity contribution is 0.350. The van der Waals surface area contributed by atoms with Gasteiger partial charge in [-0.2, -0.15) is 8.42 Å². The molecule has 1 aromatic rings. The Kier molecular flexibility index (Phi) is 4.71. The first kappa shape index (κ1) is 12.9. The van der Waals surface area contributed by atoms with Gasteiger partial charge in [0.1, 0.15) is 11.5 Å². The first-order valence-electron chi connectivity index (χ1n) is 4.24. The Morgan fingerprint density at radius 1 is 1.12 bits per heavy atom. The fraction of sp³-hybridized carbons (Fsp3) is 0.250. The Balaban J connectivity index is 2.52. The largest absolute Gasteiger partial charge is 0.382 e. The van der Waals surface area contributed by atoms with Gasteiger partial charge in [-0.1, -0.05) is 18.2 Å². The molecule has 0 atom stereocenters. The van der Waals surface area contributed by atoms with Gasteiger partial charge in [-0.15, -0.1) is 0 Å². The Labute approximate surface area is 95.1 Å². The molecule has 0 fully saturated rings. The van der Waals surface area contributed by atoms with Crippen molar-refractivity contribution in [3.8, 4) is 5.75 Å². The number of hydrogen-bond acceptors (Lipinski definition) is 6. The summed E-state index contributed by atoms with van der Waals surface area (Å²) in [6.45, 7) is -0.451. The smallest absolute Gasteiger partial charge is 0.311 e. The van der Waals surface area contributed by atoms with Crippen molar-refractivity contribution in [3.05, 3.63) is 30.3 Å². The van der Waals surface area contributed by atoms with Crippen LogP contribution in [0.25, 0.3) is 0 Å². The molecule has 8 heteroatoms. The van der Waals surface area contributed by atoms with E-state index in [1.54, 1.807) is 18.2 Å². The van der Waals surface area contributed by atoms with Gasteiger partial charge in [0.05, 0.1) is 6.61 Å². The Bertz CT molecular complexity index is 483. The summed E-state index contributed by atoms with van der Waals surface area (Å²) < 4.78 is 51.4. The average Bonchev–Trinajstić information content (AvgIpc) is 2.17. The first-order valence-corrected chi connectivity index (χ1v) is 6.91. The second-order valence-electron chi connectivity index (χ2n) is 2.72. The van der Waals surface area contributed by atoms with Crippen LogP contribution in [0.15, 0.2) is 30.3 Å². The van der Waals surface area contributed by atoms with Crippen LogP contribution in [-0.4, -0.2) is 29.2 Å². The van der Waals surface area contributed by atoms with E-state index in [1.165, 1.54) is 12.1 Å². The van der Waals surface area contributed by atoms with E-state index in [2.05, 4.69) is 8.37 Å². The molecular weight excluding hydrogens is 256 g/mol. The van der Waals surface area contributed by atoms with E-state index >= 15 is 0 Å². The molecule has 16 heavy (non-hydrogen) atoms. The molecule has 0 aromatic heterocycles. The van der Waals surface area contributed by atoms with Gasteiger partial charge < -0.3 is 4.18 Å². The molecule has 1 rings (SSSR count). The molecule has 0 heterocycles. The van der Waals surface area contributed by atoms with E-state index in [1.807, 2.05) is 0 Å². The zero-order chi connectivity index (χ0) is 12.0. The van der Waals surface area contributed by atoms with Crippen LogP contribution in [0.1, 0.15) is 0 Å². The molecule has 0 N–H and O–H groups in total. The zero-order valence-corrected chi connectivity index (χ0v) is 9.82. The predicted molar refractivity (Wildman–Crippen MR) is 57.1 cm³/mol. The molecule has 0 amide bonds. The molecule has 0 aliphatic rings. The Morgan fingerprint density at radius 2 is 1.75 bits per heavy atom. The van der Waals surface area contributed by atoms with Crippen molar-refractivity contribution in [2.75, 3.05) is 12.4 Å². The lowest BCUT2D eigenvalue weighted by atomic mass is 10.3. The van der Waals surface area contributed by atoms with Gasteiger partial charge in [0, 0.05) is 0 Å². The molecule has 1 aromatic carbocycles. The highest BCUT2D eigenvalue weighted by atomic mass is 32.2. The molecule has 90 valence electrons. The summed E-state index contributed by atoms with van der Waals surface area (Å²) in [5.41, 5.74) is 0. The summed E-state index contributed by atoms with van der Waals surface area (Å²) in [6, 6.07) is 7.91. The second-order valence-corrected chi connectivity index (χ2v) is 5.11. The van der Waals surface area contributed by atoms with Crippen LogP contribution >= 0.6 is 0 Å². The fourth-order valence-corrected chi connectivity index (χ4v) is 2.02. The summed E-state index contributed by atoms with van der Waals surface area (Å²) in [5, 5.41) is 0. The van der Waals surface area contributed by atoms with Gasteiger partial charge in [0.15, 0.2) is 0 Å². The lowest BCUT2D eigenvalue weighted by Crippen LogP contribution is -2.17. The maximum atomic E-state index is 11.3. The van der Waals surface area contributed by atoms with Crippen molar-refractivity contribution in [1.29, 1.82) is 0 Å². The van der Waals surface area contributed by atoms with Gasteiger partial charge in [0.2, 0.25) is 0 Å². The van der Waals surface area contributed by atoms with Crippen molar-refractivity contribution < 1.29 is 25.2 Å². The van der Waals surface area contributed by atoms with E-state index in [4.69, 9.17) is 0 Å². The van der Waals surface area contributed by atoms with Gasteiger partial charge in [-0.25, -0.2) is 8.42 Å². The van der Waals surface area contributed by atoms with Crippen molar-refractivity contribution in [2.24, 2.45) is 0 Å². The Morgan fingerprint density at radius 3 is 2.31 bits per heavy atom. The van der Waals surface area contributed by atoms with Crippen LogP contribution in [0, 0.1) is 0 Å². The minimum Gasteiger partial charge on any atom is -0.382 e. The highest BCUT2D eigenvalue weighted by Crippen LogP contribution is 2.11. The molecule has 0 saturated heterocycles. The number of rotatable bonds is 6. The lowest BCUT2D eigenvalue weighted by Gasteiger charge is -2.05. The molecule has 0 radical (unpaired) electrons. The number of benzene rings is 1. The van der Waals surface area contributed by atoms with E-state index in [0.29, 0.717) is 0 Å². The van der Waals surface area contributed by atoms with Crippen LogP contribution < -0.4 is 4.18 Å². The molecule has 0 aliphatic heterocycles. The van der Waals surface area contributed by atoms with Crippen LogP contribution in [-0.2, 0) is 25.3 Å². The summed E-state index contributed by atoms with van der Waals surface area (Å²) in [6.07, 6.45) is 0. The topological polar surface area (TPSA) is 86.7 Å². The molecule has 0 bridgehead atoms. The summed E-state index contributed by atoms with van der Waals surface area (Å²) in [5.74, 6) is -0.348. The highest BCUT2D eigenvalue weighted by molar-refractivity contribution is 7.87. The third kappa shape index (κ3) is 5.10. The number of para-hydroxylation sites is 1. The average molecular weight is 266 g/mol. The molecule has 0 saturated carbocycles. The predicted octanol–water partition coefficient (Wildman–Crippen LogP) is -0.0618. The van der Waals surface area contributed by atoms with Crippen molar-refractivity contribution in [1.82, 2.24) is 0 Å². The first-order chi connectivity index (χ1) is 7.49. The van der Waals surface area contributed by atoms with Crippen LogP contribution in [0.5, 0.6) is 5.75 Å². The van der Waals surface area contributed by atoms with E-state index in [9.17, 15) is 16.8 Å². The number of thiol groups is 1. The zero-order valence-electron chi connectivity index (χ0n) is 8.11. The van der Waals surface area contributed by atoms with Gasteiger partial charge in [-0.3, -0.25) is 4.18 Å². The van der Waals surface area contributed by atoms with E-state index < -0.39 is 33.5 Å². The SMILES string of the molecule is O=[SH](=O)OCCS(=O)(=O)Oc1ccccc1. The molecular formula is C8H10O6S2. The third-order valence-corrected chi connectivity index (χ3v) is 3.00. The maximum absolute atomic E-state index is 11.3. The minimum absolute atomic E-state index is 0.175. The normalized spacial score (nSPS) is 11.6. The van der Waals surface area contributed by atoms with E-state index in [-0.39, 0.29) is 5.75 Å². The molecule has 0 aliphatic carbocycles. The van der Waals surface area contributed by atoms with Gasteiger partial charge in [0.25, 0.3) is 11.0 Å². The van der Waals surface area contributed by atoms with Gasteiger partial charge in [-0.05, 0) is 12.1 Å². The third-order valence-electron chi connectivity index (χ3n) is 1.50. The summed E-state index contributed by atoms with van der Waals surface area (Å²) >= 11 is 0. The van der Waals surface area contributed by atoms with Crippen molar-refractivity contribution >= 4 is 21.1 Å².